The molecule has 7 heteroatoms. The highest BCUT2D eigenvalue weighted by atomic mass is 79.9. The van der Waals surface area contributed by atoms with Crippen molar-refractivity contribution in [3.8, 4) is 11.5 Å². The van der Waals surface area contributed by atoms with Gasteiger partial charge in [-0.1, -0.05) is 46.3 Å². The van der Waals surface area contributed by atoms with Crippen molar-refractivity contribution in [1.82, 2.24) is 15.3 Å². The Bertz CT molecular complexity index is 1130. The number of fused-ring (bicyclic) bond motifs is 1. The predicted octanol–water partition coefficient (Wildman–Crippen LogP) is 5.34. The topological polar surface area (TPSA) is 59.2 Å². The van der Waals surface area contributed by atoms with Crippen molar-refractivity contribution in [2.24, 2.45) is 0 Å². The van der Waals surface area contributed by atoms with E-state index in [1.807, 2.05) is 36.4 Å². The van der Waals surface area contributed by atoms with E-state index in [9.17, 15) is 4.39 Å². The molecule has 3 aromatic carbocycles. The number of aromatic amines is 1. The van der Waals surface area contributed by atoms with Gasteiger partial charge in [0.05, 0.1) is 24.7 Å². The minimum Gasteiger partial charge on any atom is -0.493 e. The van der Waals surface area contributed by atoms with E-state index >= 15 is 0 Å². The third kappa shape index (κ3) is 4.63. The average molecular weight is 470 g/mol. The summed E-state index contributed by atoms with van der Waals surface area (Å²) in [5, 5.41) is 3.39. The molecule has 0 aliphatic carbocycles. The van der Waals surface area contributed by atoms with Crippen molar-refractivity contribution in [2.75, 3.05) is 7.11 Å². The van der Waals surface area contributed by atoms with Crippen molar-refractivity contribution in [3.63, 3.8) is 0 Å². The molecular formula is C23H21BrFN3O2. The number of hydrogen-bond donors (Lipinski definition) is 2. The second kappa shape index (κ2) is 9.28. The van der Waals surface area contributed by atoms with Gasteiger partial charge in [-0.2, -0.15) is 0 Å². The monoisotopic (exact) mass is 469 g/mol. The fraction of sp³-hybridized carbons (Fsp3) is 0.174. The third-order valence-electron chi connectivity index (χ3n) is 4.72. The highest BCUT2D eigenvalue weighted by molar-refractivity contribution is 9.10. The van der Waals surface area contributed by atoms with Crippen LogP contribution in [0.25, 0.3) is 11.0 Å². The Morgan fingerprint density at radius 3 is 2.60 bits per heavy atom. The van der Waals surface area contributed by atoms with Gasteiger partial charge in [0.2, 0.25) is 0 Å². The molecule has 0 aliphatic rings. The van der Waals surface area contributed by atoms with E-state index < -0.39 is 0 Å². The molecule has 2 N–H and O–H groups in total. The fourth-order valence-corrected chi connectivity index (χ4v) is 3.62. The predicted molar refractivity (Wildman–Crippen MR) is 118 cm³/mol. The van der Waals surface area contributed by atoms with Crippen LogP contribution in [-0.2, 0) is 19.7 Å². The average Bonchev–Trinajstić information content (AvgIpc) is 3.17. The molecule has 0 radical (unpaired) electrons. The lowest BCUT2D eigenvalue weighted by Gasteiger charge is -2.14. The van der Waals surface area contributed by atoms with Crippen molar-refractivity contribution < 1.29 is 13.9 Å². The fourth-order valence-electron chi connectivity index (χ4n) is 3.16. The molecule has 30 heavy (non-hydrogen) atoms. The van der Waals surface area contributed by atoms with Gasteiger partial charge in [0.15, 0.2) is 11.5 Å². The van der Waals surface area contributed by atoms with Gasteiger partial charge in [-0.25, -0.2) is 9.37 Å². The zero-order valence-corrected chi connectivity index (χ0v) is 18.0. The van der Waals surface area contributed by atoms with Crippen LogP contribution in [-0.4, -0.2) is 17.1 Å². The molecule has 0 unspecified atom stereocenters. The summed E-state index contributed by atoms with van der Waals surface area (Å²) in [6, 6.07) is 18.3. The maximum absolute atomic E-state index is 13.8. The molecule has 5 nitrogen and oxygen atoms in total. The number of imidazole rings is 1. The van der Waals surface area contributed by atoms with Gasteiger partial charge >= 0.3 is 0 Å². The smallest absolute Gasteiger partial charge is 0.162 e. The number of rotatable bonds is 8. The Hall–Kier alpha value is -2.90. The normalized spacial score (nSPS) is 11.0. The van der Waals surface area contributed by atoms with E-state index in [1.54, 1.807) is 25.3 Å². The first-order valence-corrected chi connectivity index (χ1v) is 10.3. The molecule has 0 saturated heterocycles. The molecule has 4 rings (SSSR count). The summed E-state index contributed by atoms with van der Waals surface area (Å²) in [5.74, 6) is 1.73. The van der Waals surface area contributed by atoms with Crippen LogP contribution in [0.5, 0.6) is 11.5 Å². The quantitative estimate of drug-likeness (QED) is 0.365. The highest BCUT2D eigenvalue weighted by Gasteiger charge is 2.12. The number of halogens is 2. The first-order chi connectivity index (χ1) is 14.6. The van der Waals surface area contributed by atoms with Gasteiger partial charge in [0, 0.05) is 16.6 Å². The number of benzene rings is 3. The number of nitrogens with zero attached hydrogens (tertiary/aromatic N) is 1. The summed E-state index contributed by atoms with van der Waals surface area (Å²) in [4.78, 5) is 7.87. The van der Waals surface area contributed by atoms with E-state index in [0.717, 1.165) is 26.9 Å². The largest absolute Gasteiger partial charge is 0.493 e. The van der Waals surface area contributed by atoms with Crippen molar-refractivity contribution in [1.29, 1.82) is 0 Å². The van der Waals surface area contributed by atoms with Crippen LogP contribution in [0.4, 0.5) is 4.39 Å². The summed E-state index contributed by atoms with van der Waals surface area (Å²) < 4.78 is 26.0. The van der Waals surface area contributed by atoms with Gasteiger partial charge in [0.1, 0.15) is 18.2 Å². The molecule has 0 bridgehead atoms. The highest BCUT2D eigenvalue weighted by Crippen LogP contribution is 2.34. The second-order valence-electron chi connectivity index (χ2n) is 6.78. The second-order valence-corrected chi connectivity index (χ2v) is 7.63. The molecule has 0 aliphatic heterocycles. The van der Waals surface area contributed by atoms with Gasteiger partial charge in [-0.05, 0) is 35.9 Å². The lowest BCUT2D eigenvalue weighted by molar-refractivity contribution is 0.279. The number of methoxy groups -OCH3 is 1. The van der Waals surface area contributed by atoms with Crippen LogP contribution in [0, 0.1) is 5.82 Å². The van der Waals surface area contributed by atoms with Gasteiger partial charge in [-0.3, -0.25) is 0 Å². The zero-order valence-electron chi connectivity index (χ0n) is 16.4. The van der Waals surface area contributed by atoms with Crippen LogP contribution in [0.1, 0.15) is 17.0 Å². The lowest BCUT2D eigenvalue weighted by Crippen LogP contribution is -2.14. The maximum atomic E-state index is 13.8. The van der Waals surface area contributed by atoms with Gasteiger partial charge < -0.3 is 19.8 Å². The number of H-pyrrole nitrogens is 1. The summed E-state index contributed by atoms with van der Waals surface area (Å²) in [7, 11) is 1.59. The van der Waals surface area contributed by atoms with Gasteiger partial charge in [0.25, 0.3) is 0 Å². The standard InChI is InChI=1S/C23H21BrFN3O2/c1-29-21-10-16(12-26-13-23-27-19-8-4-5-9-20(19)28-23)17(24)11-22(21)30-14-15-6-2-3-7-18(15)25/h2-11,26H,12-14H2,1H3,(H,27,28). The van der Waals surface area contributed by atoms with Crippen LogP contribution >= 0.6 is 15.9 Å². The molecule has 4 aromatic rings. The van der Waals surface area contributed by atoms with Crippen molar-refractivity contribution >= 4 is 27.0 Å². The molecule has 154 valence electrons. The van der Waals surface area contributed by atoms with Crippen molar-refractivity contribution in [3.05, 3.63) is 87.9 Å². The number of hydrogen-bond acceptors (Lipinski definition) is 4. The zero-order chi connectivity index (χ0) is 20.9. The van der Waals surface area contributed by atoms with E-state index in [4.69, 9.17) is 9.47 Å². The summed E-state index contributed by atoms with van der Waals surface area (Å²) in [6.45, 7) is 1.34. The number of nitrogens with one attached hydrogen (secondary N) is 2. The summed E-state index contributed by atoms with van der Waals surface area (Å²) in [5.41, 5.74) is 3.48. The Balaban J connectivity index is 1.41. The van der Waals surface area contributed by atoms with Crippen LogP contribution in [0.2, 0.25) is 0 Å². The molecule has 0 atom stereocenters. The Labute approximate surface area is 182 Å². The van der Waals surface area contributed by atoms with E-state index in [-0.39, 0.29) is 12.4 Å². The molecule has 0 saturated carbocycles. The van der Waals surface area contributed by atoms with Crippen LogP contribution < -0.4 is 14.8 Å². The Morgan fingerprint density at radius 2 is 1.80 bits per heavy atom. The van der Waals surface area contributed by atoms with Gasteiger partial charge in [-0.15, -0.1) is 0 Å². The minimum absolute atomic E-state index is 0.124. The summed E-state index contributed by atoms with van der Waals surface area (Å²) in [6.07, 6.45) is 0. The van der Waals surface area contributed by atoms with E-state index in [2.05, 4.69) is 31.2 Å². The molecular weight excluding hydrogens is 449 g/mol. The molecule has 0 fully saturated rings. The maximum Gasteiger partial charge on any atom is 0.162 e. The van der Waals surface area contributed by atoms with Crippen LogP contribution in [0.15, 0.2) is 65.1 Å². The minimum atomic E-state index is -0.290. The first kappa shape index (κ1) is 20.4. The molecule has 1 aromatic heterocycles. The van der Waals surface area contributed by atoms with Crippen LogP contribution in [0.3, 0.4) is 0 Å². The molecule has 0 amide bonds. The third-order valence-corrected chi connectivity index (χ3v) is 5.46. The van der Waals surface area contributed by atoms with E-state index in [1.165, 1.54) is 6.07 Å². The number of para-hydroxylation sites is 2. The number of ether oxygens (including phenoxy) is 2. The van der Waals surface area contributed by atoms with E-state index in [0.29, 0.717) is 30.2 Å². The Kier molecular flexibility index (Phi) is 6.30. The molecule has 0 spiro atoms. The van der Waals surface area contributed by atoms with Crippen molar-refractivity contribution in [2.45, 2.75) is 19.7 Å². The molecule has 1 heterocycles. The first-order valence-electron chi connectivity index (χ1n) is 9.51. The number of aromatic nitrogens is 2. The SMILES string of the molecule is COc1cc(CNCc2nc3ccccc3[nH]2)c(Br)cc1OCc1ccccc1F. The Morgan fingerprint density at radius 1 is 1.00 bits per heavy atom. The lowest BCUT2D eigenvalue weighted by atomic mass is 10.2. The summed E-state index contributed by atoms with van der Waals surface area (Å²) >= 11 is 3.59.